The largest absolute Gasteiger partial charge is 0.493 e. The van der Waals surface area contributed by atoms with Crippen LogP contribution >= 0.6 is 23.2 Å². The number of anilines is 1. The molecule has 1 amide bonds. The van der Waals surface area contributed by atoms with Gasteiger partial charge in [-0.25, -0.2) is 4.79 Å². The maximum atomic E-state index is 12.5. The number of hydrogen-bond acceptors (Lipinski definition) is 5. The van der Waals surface area contributed by atoms with Gasteiger partial charge in [0.15, 0.2) is 11.5 Å². The molecule has 2 aromatic rings. The molecule has 0 spiro atoms. The summed E-state index contributed by atoms with van der Waals surface area (Å²) < 4.78 is 15.2. The molecule has 0 bridgehead atoms. The van der Waals surface area contributed by atoms with Crippen LogP contribution in [-0.2, 0) is 9.53 Å². The molecule has 6 nitrogen and oxygen atoms in total. The van der Waals surface area contributed by atoms with Gasteiger partial charge in [-0.1, -0.05) is 29.3 Å². The van der Waals surface area contributed by atoms with Crippen molar-refractivity contribution in [3.05, 3.63) is 57.6 Å². The Labute approximate surface area is 173 Å². The van der Waals surface area contributed by atoms with Gasteiger partial charge in [-0.3, -0.25) is 4.79 Å². The lowest BCUT2D eigenvalue weighted by molar-refractivity contribution is -0.111. The molecule has 0 heterocycles. The topological polar surface area (TPSA) is 73.9 Å². The van der Waals surface area contributed by atoms with Crippen molar-refractivity contribution >= 4 is 46.3 Å². The Morgan fingerprint density at radius 2 is 1.61 bits per heavy atom. The normalized spacial score (nSPS) is 11.0. The molecule has 0 aliphatic rings. The van der Waals surface area contributed by atoms with Gasteiger partial charge in [-0.05, 0) is 30.2 Å². The summed E-state index contributed by atoms with van der Waals surface area (Å²) in [6.45, 7) is 1.74. The Morgan fingerprint density at radius 1 is 0.964 bits per heavy atom. The summed E-state index contributed by atoms with van der Waals surface area (Å²) in [7, 11) is 4.14. The van der Waals surface area contributed by atoms with Gasteiger partial charge in [0.1, 0.15) is 0 Å². The van der Waals surface area contributed by atoms with Crippen LogP contribution < -0.4 is 14.8 Å². The summed E-state index contributed by atoms with van der Waals surface area (Å²) in [6, 6.07) is 7.92. The maximum Gasteiger partial charge on any atom is 0.340 e. The van der Waals surface area contributed by atoms with E-state index in [4.69, 9.17) is 37.4 Å². The zero-order chi connectivity index (χ0) is 20.8. The molecular weight excluding hydrogens is 405 g/mol. The first-order valence-electron chi connectivity index (χ1n) is 8.09. The van der Waals surface area contributed by atoms with Gasteiger partial charge in [0.05, 0.1) is 32.6 Å². The van der Waals surface area contributed by atoms with E-state index in [0.717, 1.165) is 0 Å². The Morgan fingerprint density at radius 3 is 2.18 bits per heavy atom. The monoisotopic (exact) mass is 423 g/mol. The Hall–Kier alpha value is -2.70. The van der Waals surface area contributed by atoms with Crippen molar-refractivity contribution in [3.63, 3.8) is 0 Å². The summed E-state index contributed by atoms with van der Waals surface area (Å²) in [5.74, 6) is -0.397. The molecule has 2 rings (SSSR count). The molecule has 0 saturated carbocycles. The molecular formula is C20H19Cl2NO5. The third-order valence-corrected chi connectivity index (χ3v) is 4.44. The van der Waals surface area contributed by atoms with Crippen molar-refractivity contribution in [2.45, 2.75) is 6.92 Å². The van der Waals surface area contributed by atoms with Gasteiger partial charge in [0.2, 0.25) is 5.91 Å². The van der Waals surface area contributed by atoms with Crippen LogP contribution in [0.3, 0.4) is 0 Å². The van der Waals surface area contributed by atoms with Crippen LogP contribution in [0.1, 0.15) is 22.8 Å². The molecule has 0 fully saturated rings. The zero-order valence-corrected chi connectivity index (χ0v) is 17.3. The third-order valence-electron chi connectivity index (χ3n) is 3.89. The van der Waals surface area contributed by atoms with Crippen LogP contribution in [0.2, 0.25) is 10.0 Å². The van der Waals surface area contributed by atoms with Crippen molar-refractivity contribution in [2.24, 2.45) is 0 Å². The SMILES string of the molecule is COC(=O)c1cc(OC)c(OC)cc1NC(=O)C=C(C)c1ccc(Cl)cc1Cl. The number of rotatable bonds is 6. The van der Waals surface area contributed by atoms with Gasteiger partial charge in [0, 0.05) is 28.3 Å². The Balaban J connectivity index is 2.37. The van der Waals surface area contributed by atoms with Gasteiger partial charge < -0.3 is 19.5 Å². The molecule has 0 unspecified atom stereocenters. The van der Waals surface area contributed by atoms with E-state index in [1.54, 1.807) is 25.1 Å². The number of hydrogen-bond donors (Lipinski definition) is 1. The first kappa shape index (κ1) is 21.6. The standard InChI is InChI=1S/C20H19Cl2NO5/c1-11(13-6-5-12(21)8-15(13)22)7-19(24)23-16-10-18(27-3)17(26-2)9-14(16)20(25)28-4/h5-10H,1-4H3,(H,23,24). The van der Waals surface area contributed by atoms with E-state index >= 15 is 0 Å². The predicted octanol–water partition coefficient (Wildman–Crippen LogP) is 4.84. The molecule has 148 valence electrons. The lowest BCUT2D eigenvalue weighted by Gasteiger charge is -2.14. The molecule has 0 saturated heterocycles. The summed E-state index contributed by atoms with van der Waals surface area (Å²) in [5.41, 5.74) is 1.64. The highest BCUT2D eigenvalue weighted by molar-refractivity contribution is 6.35. The number of halogens is 2. The summed E-state index contributed by atoms with van der Waals surface area (Å²) in [6.07, 6.45) is 1.37. The van der Waals surface area contributed by atoms with Gasteiger partial charge >= 0.3 is 5.97 Å². The predicted molar refractivity (Wildman–Crippen MR) is 110 cm³/mol. The Bertz CT molecular complexity index is 940. The number of carbonyl (C=O) groups is 2. The minimum Gasteiger partial charge on any atom is -0.493 e. The molecule has 2 aromatic carbocycles. The lowest BCUT2D eigenvalue weighted by Crippen LogP contribution is -2.14. The molecule has 0 aliphatic heterocycles. The quantitative estimate of drug-likeness (QED) is 0.531. The highest BCUT2D eigenvalue weighted by Gasteiger charge is 2.19. The summed E-state index contributed by atoms with van der Waals surface area (Å²) >= 11 is 12.1. The van der Waals surface area contributed by atoms with Crippen LogP contribution in [0.4, 0.5) is 5.69 Å². The minimum atomic E-state index is -0.627. The molecule has 28 heavy (non-hydrogen) atoms. The van der Waals surface area contributed by atoms with Crippen molar-refractivity contribution in [1.29, 1.82) is 0 Å². The number of ether oxygens (including phenoxy) is 3. The highest BCUT2D eigenvalue weighted by Crippen LogP contribution is 2.34. The van der Waals surface area contributed by atoms with Crippen molar-refractivity contribution < 1.29 is 23.8 Å². The molecule has 0 radical (unpaired) electrons. The van der Waals surface area contributed by atoms with E-state index in [1.165, 1.54) is 39.5 Å². The molecule has 0 aliphatic carbocycles. The summed E-state index contributed by atoms with van der Waals surface area (Å²) in [5, 5.41) is 3.59. The second kappa shape index (κ2) is 9.48. The van der Waals surface area contributed by atoms with Crippen molar-refractivity contribution in [2.75, 3.05) is 26.6 Å². The van der Waals surface area contributed by atoms with Crippen LogP contribution in [-0.4, -0.2) is 33.2 Å². The fourth-order valence-electron chi connectivity index (χ4n) is 2.51. The second-order valence-electron chi connectivity index (χ2n) is 5.69. The van der Waals surface area contributed by atoms with E-state index in [-0.39, 0.29) is 11.3 Å². The zero-order valence-electron chi connectivity index (χ0n) is 15.8. The molecule has 8 heteroatoms. The number of benzene rings is 2. The van der Waals surface area contributed by atoms with E-state index in [2.05, 4.69) is 5.32 Å². The van der Waals surface area contributed by atoms with Crippen LogP contribution in [0, 0.1) is 0 Å². The maximum absolute atomic E-state index is 12.5. The van der Waals surface area contributed by atoms with Crippen LogP contribution in [0.15, 0.2) is 36.4 Å². The smallest absolute Gasteiger partial charge is 0.340 e. The number of esters is 1. The van der Waals surface area contributed by atoms with E-state index in [9.17, 15) is 9.59 Å². The van der Waals surface area contributed by atoms with E-state index in [1.807, 2.05) is 0 Å². The number of allylic oxidation sites excluding steroid dienone is 1. The minimum absolute atomic E-state index is 0.129. The summed E-state index contributed by atoms with van der Waals surface area (Å²) in [4.78, 5) is 24.6. The average Bonchev–Trinajstić information content (AvgIpc) is 2.66. The van der Waals surface area contributed by atoms with Gasteiger partial charge in [-0.2, -0.15) is 0 Å². The van der Waals surface area contributed by atoms with Gasteiger partial charge in [-0.15, -0.1) is 0 Å². The van der Waals surface area contributed by atoms with Crippen molar-refractivity contribution in [3.8, 4) is 11.5 Å². The Kier molecular flexibility index (Phi) is 7.31. The fraction of sp³-hybridized carbons (Fsp3) is 0.200. The van der Waals surface area contributed by atoms with Crippen molar-refractivity contribution in [1.82, 2.24) is 0 Å². The first-order valence-corrected chi connectivity index (χ1v) is 8.85. The lowest BCUT2D eigenvalue weighted by atomic mass is 10.1. The van der Waals surface area contributed by atoms with E-state index in [0.29, 0.717) is 32.7 Å². The molecule has 0 atom stereocenters. The van der Waals surface area contributed by atoms with Crippen LogP contribution in [0.5, 0.6) is 11.5 Å². The molecule has 1 N–H and O–H groups in total. The fourth-order valence-corrected chi connectivity index (χ4v) is 3.07. The highest BCUT2D eigenvalue weighted by atomic mass is 35.5. The second-order valence-corrected chi connectivity index (χ2v) is 6.53. The third kappa shape index (κ3) is 4.97. The molecule has 0 aromatic heterocycles. The van der Waals surface area contributed by atoms with Crippen LogP contribution in [0.25, 0.3) is 5.57 Å². The number of nitrogens with one attached hydrogen (secondary N) is 1. The number of carbonyl (C=O) groups excluding carboxylic acids is 2. The number of amides is 1. The van der Waals surface area contributed by atoms with Gasteiger partial charge in [0.25, 0.3) is 0 Å². The average molecular weight is 424 g/mol. The first-order chi connectivity index (χ1) is 13.3. The van der Waals surface area contributed by atoms with E-state index < -0.39 is 11.9 Å². The number of methoxy groups -OCH3 is 3.